The van der Waals surface area contributed by atoms with E-state index in [1.54, 1.807) is 25.4 Å². The number of carboxylic acid groups (broad SMARTS) is 1. The molecule has 182 valence electrons. The maximum atomic E-state index is 11.5. The zero-order valence-electron chi connectivity index (χ0n) is 19.2. The second kappa shape index (κ2) is 10.0. The lowest BCUT2D eigenvalue weighted by atomic mass is 10.0. The number of thiocarbonyl (C=S) groups is 1. The van der Waals surface area contributed by atoms with Gasteiger partial charge < -0.3 is 24.5 Å². The Morgan fingerprint density at radius 3 is 2.67 bits per heavy atom. The van der Waals surface area contributed by atoms with Gasteiger partial charge in [-0.3, -0.25) is 4.98 Å². The highest BCUT2D eigenvalue weighted by Crippen LogP contribution is 2.42. The minimum absolute atomic E-state index is 0.128. The van der Waals surface area contributed by atoms with Crippen LogP contribution in [0.4, 0.5) is 0 Å². The molecule has 1 fully saturated rings. The van der Waals surface area contributed by atoms with Gasteiger partial charge in [0.1, 0.15) is 23.3 Å². The maximum Gasteiger partial charge on any atom is 0.335 e. The number of aromatic carboxylic acids is 1. The van der Waals surface area contributed by atoms with Crippen molar-refractivity contribution in [2.75, 3.05) is 7.11 Å². The third-order valence-corrected chi connectivity index (χ3v) is 6.79. The lowest BCUT2D eigenvalue weighted by Crippen LogP contribution is -2.29. The Balaban J connectivity index is 1.54. The lowest BCUT2D eigenvalue weighted by molar-refractivity contribution is 0.0697. The molecule has 3 heterocycles. The zero-order chi connectivity index (χ0) is 25.2. The van der Waals surface area contributed by atoms with Gasteiger partial charge >= 0.3 is 5.97 Å². The van der Waals surface area contributed by atoms with Crippen molar-refractivity contribution in [3.8, 4) is 17.1 Å². The van der Waals surface area contributed by atoms with E-state index in [2.05, 4.69) is 15.2 Å². The minimum atomic E-state index is -1.04. The standard InChI is InChI=1S/C27H22ClN3O4S/c1-34-18-8-5-16(6-9-18)15-31-25(24(30-27(31)36)21-4-2-3-13-29-21)23-12-11-22(35-23)19-14-17(26(32)33)7-10-20(19)28/h2-14,24-25H,15H2,1H3,(H,30,36)(H,32,33). The highest BCUT2D eigenvalue weighted by atomic mass is 35.5. The SMILES string of the molecule is COc1ccc(CN2C(=S)NC(c3ccccn3)C2c2ccc(-c3cc(C(=O)O)ccc3Cl)o2)cc1. The van der Waals surface area contributed by atoms with Gasteiger partial charge in [-0.1, -0.05) is 29.8 Å². The molecule has 9 heteroatoms. The number of carbonyl (C=O) groups is 1. The molecular weight excluding hydrogens is 498 g/mol. The van der Waals surface area contributed by atoms with Crippen LogP contribution in [0.2, 0.25) is 5.02 Å². The number of hydrogen-bond donors (Lipinski definition) is 2. The van der Waals surface area contributed by atoms with Gasteiger partial charge in [-0.15, -0.1) is 0 Å². The Hall–Kier alpha value is -3.88. The van der Waals surface area contributed by atoms with Crippen LogP contribution in [0.25, 0.3) is 11.3 Å². The molecule has 36 heavy (non-hydrogen) atoms. The van der Waals surface area contributed by atoms with E-state index in [9.17, 15) is 9.90 Å². The van der Waals surface area contributed by atoms with E-state index in [1.165, 1.54) is 12.1 Å². The first-order valence-electron chi connectivity index (χ1n) is 11.2. The number of ether oxygens (including phenoxy) is 1. The van der Waals surface area contributed by atoms with Crippen LogP contribution in [0.1, 0.15) is 39.5 Å². The van der Waals surface area contributed by atoms with Crippen LogP contribution in [-0.2, 0) is 6.54 Å². The van der Waals surface area contributed by atoms with Crippen LogP contribution in [0.15, 0.2) is 83.4 Å². The van der Waals surface area contributed by atoms with Gasteiger partial charge in [0.25, 0.3) is 0 Å². The first kappa shape index (κ1) is 23.8. The third-order valence-electron chi connectivity index (χ3n) is 6.11. The second-order valence-electron chi connectivity index (χ2n) is 8.30. The first-order chi connectivity index (χ1) is 17.4. The van der Waals surface area contributed by atoms with Gasteiger partial charge in [-0.05, 0) is 72.4 Å². The van der Waals surface area contributed by atoms with Gasteiger partial charge in [-0.2, -0.15) is 0 Å². The number of carboxylic acids is 1. The van der Waals surface area contributed by atoms with Gasteiger partial charge in [0.05, 0.1) is 29.4 Å². The van der Waals surface area contributed by atoms with Crippen molar-refractivity contribution in [1.29, 1.82) is 0 Å². The van der Waals surface area contributed by atoms with Gasteiger partial charge in [0.15, 0.2) is 5.11 Å². The summed E-state index contributed by atoms with van der Waals surface area (Å²) in [5.41, 5.74) is 2.51. The highest BCUT2D eigenvalue weighted by Gasteiger charge is 2.41. The lowest BCUT2D eigenvalue weighted by Gasteiger charge is -2.26. The number of nitrogens with one attached hydrogen (secondary N) is 1. The Morgan fingerprint density at radius 1 is 1.17 bits per heavy atom. The monoisotopic (exact) mass is 519 g/mol. The summed E-state index contributed by atoms with van der Waals surface area (Å²) in [5.74, 6) is 0.865. The van der Waals surface area contributed by atoms with E-state index in [0.717, 1.165) is 17.0 Å². The predicted octanol–water partition coefficient (Wildman–Crippen LogP) is 5.87. The molecular formula is C27H22ClN3O4S. The predicted molar refractivity (Wildman–Crippen MR) is 140 cm³/mol. The number of halogens is 1. The molecule has 2 N–H and O–H groups in total. The van der Waals surface area contributed by atoms with E-state index in [4.69, 9.17) is 33.0 Å². The molecule has 0 saturated carbocycles. The molecule has 0 amide bonds. The van der Waals surface area contributed by atoms with Gasteiger partial charge in [-0.25, -0.2) is 4.79 Å². The normalized spacial score (nSPS) is 17.2. The number of hydrogen-bond acceptors (Lipinski definition) is 5. The molecule has 4 aromatic rings. The highest BCUT2D eigenvalue weighted by molar-refractivity contribution is 7.80. The Bertz CT molecular complexity index is 1410. The summed E-state index contributed by atoms with van der Waals surface area (Å²) in [7, 11) is 1.63. The fourth-order valence-corrected chi connectivity index (χ4v) is 4.83. The fraction of sp³-hybridized carbons (Fsp3) is 0.148. The molecule has 2 unspecified atom stereocenters. The summed E-state index contributed by atoms with van der Waals surface area (Å²) in [6.45, 7) is 0.537. The fourth-order valence-electron chi connectivity index (χ4n) is 4.32. The van der Waals surface area contributed by atoms with Crippen molar-refractivity contribution < 1.29 is 19.1 Å². The molecule has 2 aromatic heterocycles. The van der Waals surface area contributed by atoms with Crippen molar-refractivity contribution in [2.24, 2.45) is 0 Å². The van der Waals surface area contributed by atoms with E-state index in [1.807, 2.05) is 48.5 Å². The van der Waals surface area contributed by atoms with Crippen LogP contribution in [0.3, 0.4) is 0 Å². The van der Waals surface area contributed by atoms with E-state index < -0.39 is 5.97 Å². The van der Waals surface area contributed by atoms with Gasteiger partial charge in [0.2, 0.25) is 0 Å². The van der Waals surface area contributed by atoms with Crippen LogP contribution >= 0.6 is 23.8 Å². The summed E-state index contributed by atoms with van der Waals surface area (Å²) >= 11 is 12.1. The molecule has 0 aliphatic carbocycles. The Labute approximate surface area is 218 Å². The number of benzene rings is 2. The number of furan rings is 1. The van der Waals surface area contributed by atoms with Crippen LogP contribution in [-0.4, -0.2) is 33.2 Å². The van der Waals surface area contributed by atoms with Crippen molar-refractivity contribution in [3.63, 3.8) is 0 Å². The number of rotatable bonds is 7. The Morgan fingerprint density at radius 2 is 1.97 bits per heavy atom. The average Bonchev–Trinajstić information content (AvgIpc) is 3.50. The van der Waals surface area contributed by atoms with Crippen LogP contribution in [0.5, 0.6) is 5.75 Å². The van der Waals surface area contributed by atoms with Crippen LogP contribution < -0.4 is 10.1 Å². The molecule has 1 saturated heterocycles. The topological polar surface area (TPSA) is 87.8 Å². The van der Waals surface area contributed by atoms with E-state index in [-0.39, 0.29) is 17.6 Å². The third kappa shape index (κ3) is 4.65. The largest absolute Gasteiger partial charge is 0.497 e. The van der Waals surface area contributed by atoms with Crippen molar-refractivity contribution in [2.45, 2.75) is 18.6 Å². The van der Waals surface area contributed by atoms with Crippen LogP contribution in [0, 0.1) is 0 Å². The molecule has 0 bridgehead atoms. The quantitative estimate of drug-likeness (QED) is 0.293. The van der Waals surface area contributed by atoms with Crippen molar-refractivity contribution >= 4 is 34.9 Å². The molecule has 1 aliphatic heterocycles. The minimum Gasteiger partial charge on any atom is -0.497 e. The number of pyridine rings is 1. The number of aromatic nitrogens is 1. The molecule has 0 radical (unpaired) electrons. The molecule has 5 rings (SSSR count). The number of methoxy groups -OCH3 is 1. The first-order valence-corrected chi connectivity index (χ1v) is 12.0. The number of nitrogens with zero attached hydrogens (tertiary/aromatic N) is 2. The maximum absolute atomic E-state index is 11.5. The molecule has 1 aliphatic rings. The second-order valence-corrected chi connectivity index (χ2v) is 9.10. The summed E-state index contributed by atoms with van der Waals surface area (Å²) in [6, 6.07) is 21.2. The summed E-state index contributed by atoms with van der Waals surface area (Å²) in [4.78, 5) is 18.1. The molecule has 2 atom stereocenters. The summed E-state index contributed by atoms with van der Waals surface area (Å²) in [6.07, 6.45) is 1.74. The van der Waals surface area contributed by atoms with E-state index >= 15 is 0 Å². The van der Waals surface area contributed by atoms with E-state index in [0.29, 0.717) is 33.8 Å². The zero-order valence-corrected chi connectivity index (χ0v) is 20.8. The van der Waals surface area contributed by atoms with Crippen molar-refractivity contribution in [3.05, 3.63) is 107 Å². The molecule has 2 aromatic carbocycles. The summed E-state index contributed by atoms with van der Waals surface area (Å²) in [5, 5.41) is 13.8. The smallest absolute Gasteiger partial charge is 0.335 e. The summed E-state index contributed by atoms with van der Waals surface area (Å²) < 4.78 is 11.6. The Kier molecular flexibility index (Phi) is 6.63. The molecule has 7 nitrogen and oxygen atoms in total. The van der Waals surface area contributed by atoms with Gasteiger partial charge in [0, 0.05) is 18.3 Å². The molecule has 0 spiro atoms. The van der Waals surface area contributed by atoms with Crippen molar-refractivity contribution in [1.82, 2.24) is 15.2 Å². The average molecular weight is 520 g/mol.